The van der Waals surface area contributed by atoms with Crippen LogP contribution in [0.1, 0.15) is 42.7 Å². The zero-order valence-corrected chi connectivity index (χ0v) is 17.2. The molecule has 2 amide bonds. The van der Waals surface area contributed by atoms with Gasteiger partial charge < -0.3 is 20.5 Å². The molecule has 2 atom stereocenters. The van der Waals surface area contributed by atoms with Crippen molar-refractivity contribution in [2.45, 2.75) is 37.6 Å². The molecule has 0 bridgehead atoms. The van der Waals surface area contributed by atoms with Gasteiger partial charge in [-0.05, 0) is 41.0 Å². The Balaban J connectivity index is 1.27. The average Bonchev–Trinajstić information content (AvgIpc) is 3.32. The lowest BCUT2D eigenvalue weighted by Crippen LogP contribution is -2.44. The van der Waals surface area contributed by atoms with Crippen LogP contribution >= 0.6 is 0 Å². The number of nitrogens with one attached hydrogen (secondary N) is 2. The van der Waals surface area contributed by atoms with Crippen molar-refractivity contribution in [1.29, 1.82) is 0 Å². The molecule has 3 N–H and O–H groups in total. The Kier molecular flexibility index (Phi) is 6.21. The third-order valence-corrected chi connectivity index (χ3v) is 6.18. The SMILES string of the molecule is O=C(O)CC1CCCC1NC(=O)CNC(=O)OCC1c2ccccc2-c2ccccc21. The predicted octanol–water partition coefficient (Wildman–Crippen LogP) is 3.28. The van der Waals surface area contributed by atoms with E-state index in [1.807, 2.05) is 36.4 Å². The molecule has 162 valence electrons. The minimum Gasteiger partial charge on any atom is -0.481 e. The second-order valence-electron chi connectivity index (χ2n) is 8.14. The number of carbonyl (C=O) groups excluding carboxylic acids is 2. The summed E-state index contributed by atoms with van der Waals surface area (Å²) in [5, 5.41) is 14.3. The number of carbonyl (C=O) groups is 3. The van der Waals surface area contributed by atoms with E-state index in [9.17, 15) is 14.4 Å². The van der Waals surface area contributed by atoms with Crippen LogP contribution in [0.3, 0.4) is 0 Å². The van der Waals surface area contributed by atoms with E-state index in [0.717, 1.165) is 41.5 Å². The first-order chi connectivity index (χ1) is 15.0. The highest BCUT2D eigenvalue weighted by atomic mass is 16.5. The number of rotatable bonds is 7. The summed E-state index contributed by atoms with van der Waals surface area (Å²) < 4.78 is 5.43. The molecule has 7 heteroatoms. The van der Waals surface area contributed by atoms with E-state index in [1.54, 1.807) is 0 Å². The number of benzene rings is 2. The predicted molar refractivity (Wildman–Crippen MR) is 115 cm³/mol. The molecule has 4 rings (SSSR count). The van der Waals surface area contributed by atoms with E-state index in [-0.39, 0.29) is 43.4 Å². The van der Waals surface area contributed by atoms with Crippen LogP contribution < -0.4 is 10.6 Å². The summed E-state index contributed by atoms with van der Waals surface area (Å²) in [6.07, 6.45) is 1.84. The number of fused-ring (bicyclic) bond motifs is 3. The van der Waals surface area contributed by atoms with Crippen LogP contribution in [0, 0.1) is 5.92 Å². The first-order valence-electron chi connectivity index (χ1n) is 10.6. The maximum atomic E-state index is 12.2. The van der Waals surface area contributed by atoms with E-state index in [4.69, 9.17) is 9.84 Å². The molecule has 1 fully saturated rings. The fraction of sp³-hybridized carbons (Fsp3) is 0.375. The molecule has 0 aromatic heterocycles. The van der Waals surface area contributed by atoms with Gasteiger partial charge in [-0.25, -0.2) is 4.79 Å². The first kappa shape index (κ1) is 20.9. The summed E-state index contributed by atoms with van der Waals surface area (Å²) in [6, 6.07) is 16.0. The van der Waals surface area contributed by atoms with Crippen molar-refractivity contribution in [3.63, 3.8) is 0 Å². The van der Waals surface area contributed by atoms with Crippen LogP contribution in [0.2, 0.25) is 0 Å². The van der Waals surface area contributed by atoms with Crippen molar-refractivity contribution in [2.24, 2.45) is 5.92 Å². The maximum absolute atomic E-state index is 12.2. The second-order valence-corrected chi connectivity index (χ2v) is 8.14. The van der Waals surface area contributed by atoms with Gasteiger partial charge in [0, 0.05) is 12.0 Å². The average molecular weight is 422 g/mol. The van der Waals surface area contributed by atoms with E-state index >= 15 is 0 Å². The molecule has 0 radical (unpaired) electrons. The first-order valence-corrected chi connectivity index (χ1v) is 10.6. The fourth-order valence-electron chi connectivity index (χ4n) is 4.76. The van der Waals surface area contributed by atoms with Crippen molar-refractivity contribution in [3.05, 3.63) is 59.7 Å². The molecular formula is C24H26N2O5. The van der Waals surface area contributed by atoms with Gasteiger partial charge in [0.15, 0.2) is 0 Å². The fourth-order valence-corrected chi connectivity index (χ4v) is 4.76. The Hall–Kier alpha value is -3.35. The summed E-state index contributed by atoms with van der Waals surface area (Å²) in [6.45, 7) is -0.0161. The standard InChI is InChI=1S/C24H26N2O5/c27-22(26-21-11-5-6-15(21)12-23(28)29)13-25-24(30)31-14-20-18-9-3-1-7-16(18)17-8-2-4-10-19(17)20/h1-4,7-10,15,20-21H,5-6,11-14H2,(H,25,30)(H,26,27)(H,28,29). The van der Waals surface area contributed by atoms with Crippen LogP contribution in [-0.4, -0.2) is 42.3 Å². The number of carboxylic acid groups (broad SMARTS) is 1. The van der Waals surface area contributed by atoms with Gasteiger partial charge in [-0.1, -0.05) is 55.0 Å². The Bertz CT molecular complexity index is 944. The molecule has 0 aliphatic heterocycles. The van der Waals surface area contributed by atoms with Gasteiger partial charge in [0.05, 0.1) is 6.42 Å². The van der Waals surface area contributed by atoms with E-state index < -0.39 is 12.1 Å². The Labute approximate surface area is 180 Å². The molecule has 1 saturated carbocycles. The molecule has 2 unspecified atom stereocenters. The van der Waals surface area contributed by atoms with Gasteiger partial charge >= 0.3 is 12.1 Å². The molecule has 2 aliphatic rings. The number of carboxylic acids is 1. The van der Waals surface area contributed by atoms with Gasteiger partial charge in [-0.3, -0.25) is 9.59 Å². The molecule has 0 heterocycles. The number of alkyl carbamates (subject to hydrolysis) is 1. The van der Waals surface area contributed by atoms with Crippen molar-refractivity contribution >= 4 is 18.0 Å². The number of ether oxygens (including phenoxy) is 1. The lowest BCUT2D eigenvalue weighted by Gasteiger charge is -2.19. The van der Waals surface area contributed by atoms with Crippen LogP contribution in [0.4, 0.5) is 4.79 Å². The molecule has 2 aromatic rings. The molecule has 2 aromatic carbocycles. The molecular weight excluding hydrogens is 396 g/mol. The van der Waals surface area contributed by atoms with Gasteiger partial charge in [0.25, 0.3) is 0 Å². The van der Waals surface area contributed by atoms with Crippen molar-refractivity contribution in [2.75, 3.05) is 13.2 Å². The van der Waals surface area contributed by atoms with Gasteiger partial charge in [-0.15, -0.1) is 0 Å². The largest absolute Gasteiger partial charge is 0.481 e. The second kappa shape index (κ2) is 9.20. The maximum Gasteiger partial charge on any atom is 0.407 e. The Morgan fingerprint density at radius 1 is 0.968 bits per heavy atom. The highest BCUT2D eigenvalue weighted by molar-refractivity contribution is 5.83. The van der Waals surface area contributed by atoms with E-state index in [2.05, 4.69) is 22.8 Å². The Morgan fingerprint density at radius 3 is 2.26 bits per heavy atom. The molecule has 0 saturated heterocycles. The lowest BCUT2D eigenvalue weighted by molar-refractivity contribution is -0.138. The van der Waals surface area contributed by atoms with Crippen molar-refractivity contribution < 1.29 is 24.2 Å². The van der Waals surface area contributed by atoms with Gasteiger partial charge in [-0.2, -0.15) is 0 Å². The number of hydrogen-bond donors (Lipinski definition) is 3. The van der Waals surface area contributed by atoms with Crippen LogP contribution in [0.5, 0.6) is 0 Å². The monoisotopic (exact) mass is 422 g/mol. The molecule has 2 aliphatic carbocycles. The van der Waals surface area contributed by atoms with Crippen LogP contribution in [-0.2, 0) is 14.3 Å². The summed E-state index contributed by atoms with van der Waals surface area (Å²) in [5.74, 6) is -1.29. The Morgan fingerprint density at radius 2 is 1.61 bits per heavy atom. The van der Waals surface area contributed by atoms with E-state index in [1.165, 1.54) is 0 Å². The quantitative estimate of drug-likeness (QED) is 0.635. The summed E-state index contributed by atoms with van der Waals surface area (Å²) in [5.41, 5.74) is 4.55. The zero-order chi connectivity index (χ0) is 21.8. The van der Waals surface area contributed by atoms with E-state index in [0.29, 0.717) is 0 Å². The van der Waals surface area contributed by atoms with Gasteiger partial charge in [0.2, 0.25) is 5.91 Å². The molecule has 31 heavy (non-hydrogen) atoms. The van der Waals surface area contributed by atoms with Gasteiger partial charge in [0.1, 0.15) is 13.2 Å². The number of hydrogen-bond acceptors (Lipinski definition) is 4. The van der Waals surface area contributed by atoms with Crippen molar-refractivity contribution in [1.82, 2.24) is 10.6 Å². The van der Waals surface area contributed by atoms with Crippen LogP contribution in [0.15, 0.2) is 48.5 Å². The summed E-state index contributed by atoms with van der Waals surface area (Å²) in [4.78, 5) is 35.3. The highest BCUT2D eigenvalue weighted by Gasteiger charge is 2.31. The normalized spacial score (nSPS) is 19.4. The third-order valence-electron chi connectivity index (χ3n) is 6.18. The zero-order valence-electron chi connectivity index (χ0n) is 17.2. The highest BCUT2D eigenvalue weighted by Crippen LogP contribution is 2.44. The summed E-state index contributed by atoms with van der Waals surface area (Å²) in [7, 11) is 0. The number of amides is 2. The number of aliphatic carboxylic acids is 1. The summed E-state index contributed by atoms with van der Waals surface area (Å²) >= 11 is 0. The minimum absolute atomic E-state index is 0.0396. The van der Waals surface area contributed by atoms with Crippen molar-refractivity contribution in [3.8, 4) is 11.1 Å². The smallest absolute Gasteiger partial charge is 0.407 e. The lowest BCUT2D eigenvalue weighted by atomic mass is 9.98. The molecule has 0 spiro atoms. The third kappa shape index (κ3) is 4.71. The minimum atomic E-state index is -0.858. The van der Waals surface area contributed by atoms with Crippen LogP contribution in [0.25, 0.3) is 11.1 Å². The topological polar surface area (TPSA) is 105 Å². The molecule has 7 nitrogen and oxygen atoms in total.